The molecule has 0 saturated carbocycles. The molecule has 0 aromatic heterocycles. The van der Waals surface area contributed by atoms with Crippen molar-refractivity contribution in [2.75, 3.05) is 26.5 Å². The zero-order valence-corrected chi connectivity index (χ0v) is 14.6. The van der Waals surface area contributed by atoms with E-state index in [1.807, 2.05) is 24.3 Å². The number of likely N-dealkylation sites (tertiary alicyclic amines) is 1. The minimum absolute atomic E-state index is 0.151. The number of hydrogen-bond acceptors (Lipinski definition) is 4. The highest BCUT2D eigenvalue weighted by Crippen LogP contribution is 2.37. The van der Waals surface area contributed by atoms with Gasteiger partial charge in [0.2, 0.25) is 15.9 Å². The molecule has 0 radical (unpaired) electrons. The maximum absolute atomic E-state index is 12.6. The van der Waals surface area contributed by atoms with Crippen molar-refractivity contribution in [2.45, 2.75) is 25.8 Å². The molecule has 1 aromatic carbocycles. The lowest BCUT2D eigenvalue weighted by Gasteiger charge is -2.39. The summed E-state index contributed by atoms with van der Waals surface area (Å²) in [6, 6.07) is 7.43. The highest BCUT2D eigenvalue weighted by molar-refractivity contribution is 7.90. The van der Waals surface area contributed by atoms with E-state index >= 15 is 0 Å². The van der Waals surface area contributed by atoms with Gasteiger partial charge in [-0.2, -0.15) is 0 Å². The highest BCUT2D eigenvalue weighted by Gasteiger charge is 2.34. The van der Waals surface area contributed by atoms with Crippen molar-refractivity contribution in [3.05, 3.63) is 29.8 Å². The molecule has 0 aliphatic carbocycles. The number of carbonyl (C=O) groups excluding carboxylic acids is 1. The van der Waals surface area contributed by atoms with Crippen LogP contribution in [0.4, 0.5) is 0 Å². The second-order valence-corrected chi connectivity index (χ2v) is 7.88. The normalized spacial score (nSPS) is 22.0. The SMILES string of the molecule is CNS(=O)(=O)CC(=O)N1C[C@H](C)CC[C@@H]1c1ccccc1OC. The van der Waals surface area contributed by atoms with Gasteiger partial charge in [0.05, 0.1) is 13.2 Å². The Balaban J connectivity index is 2.31. The molecule has 1 aliphatic heterocycles. The van der Waals surface area contributed by atoms with Gasteiger partial charge in [0.25, 0.3) is 0 Å². The van der Waals surface area contributed by atoms with Gasteiger partial charge in [-0.1, -0.05) is 25.1 Å². The molecular formula is C16H24N2O4S. The van der Waals surface area contributed by atoms with Gasteiger partial charge in [0.15, 0.2) is 0 Å². The Kier molecular flexibility index (Phi) is 5.64. The first-order chi connectivity index (χ1) is 10.9. The lowest BCUT2D eigenvalue weighted by Crippen LogP contribution is -2.45. The largest absolute Gasteiger partial charge is 0.496 e. The molecule has 2 rings (SSSR count). The minimum atomic E-state index is -3.58. The van der Waals surface area contributed by atoms with Crippen molar-refractivity contribution >= 4 is 15.9 Å². The van der Waals surface area contributed by atoms with Crippen molar-refractivity contribution < 1.29 is 17.9 Å². The summed E-state index contributed by atoms with van der Waals surface area (Å²) in [6.45, 7) is 2.63. The minimum Gasteiger partial charge on any atom is -0.496 e. The van der Waals surface area contributed by atoms with E-state index in [0.717, 1.165) is 24.2 Å². The summed E-state index contributed by atoms with van der Waals surface area (Å²) < 4.78 is 31.0. The average molecular weight is 340 g/mol. The Morgan fingerprint density at radius 2 is 2.04 bits per heavy atom. The summed E-state index contributed by atoms with van der Waals surface area (Å²) in [7, 11) is -0.662. The number of methoxy groups -OCH3 is 1. The van der Waals surface area contributed by atoms with Gasteiger partial charge >= 0.3 is 0 Å². The van der Waals surface area contributed by atoms with E-state index in [1.54, 1.807) is 12.0 Å². The number of hydrogen-bond donors (Lipinski definition) is 1. The van der Waals surface area contributed by atoms with Gasteiger partial charge in [0, 0.05) is 12.1 Å². The van der Waals surface area contributed by atoms with Gasteiger partial charge in [0.1, 0.15) is 11.5 Å². The Morgan fingerprint density at radius 3 is 2.70 bits per heavy atom. The van der Waals surface area contributed by atoms with Crippen LogP contribution in [0, 0.1) is 5.92 Å². The fourth-order valence-corrected chi connectivity index (χ4v) is 3.65. The molecule has 0 unspecified atom stereocenters. The predicted octanol–water partition coefficient (Wildman–Crippen LogP) is 1.54. The van der Waals surface area contributed by atoms with Crippen LogP contribution in [0.25, 0.3) is 0 Å². The van der Waals surface area contributed by atoms with Crippen molar-refractivity contribution in [2.24, 2.45) is 5.92 Å². The van der Waals surface area contributed by atoms with Crippen LogP contribution >= 0.6 is 0 Å². The molecule has 1 N–H and O–H groups in total. The average Bonchev–Trinajstić information content (AvgIpc) is 2.54. The molecule has 128 valence electrons. The van der Waals surface area contributed by atoms with E-state index in [1.165, 1.54) is 7.05 Å². The summed E-state index contributed by atoms with van der Waals surface area (Å²) in [5, 5.41) is 0. The molecule has 1 amide bonds. The number of amides is 1. The van der Waals surface area contributed by atoms with Gasteiger partial charge in [-0.15, -0.1) is 0 Å². The number of nitrogens with zero attached hydrogens (tertiary/aromatic N) is 1. The Hall–Kier alpha value is -1.60. The number of piperidine rings is 1. The maximum atomic E-state index is 12.6. The summed E-state index contributed by atoms with van der Waals surface area (Å²) in [4.78, 5) is 14.2. The summed E-state index contributed by atoms with van der Waals surface area (Å²) >= 11 is 0. The molecule has 1 heterocycles. The Labute approximate surface area is 137 Å². The zero-order chi connectivity index (χ0) is 17.0. The molecule has 7 heteroatoms. The van der Waals surface area contributed by atoms with Crippen LogP contribution in [0.2, 0.25) is 0 Å². The maximum Gasteiger partial charge on any atom is 0.239 e. The fraction of sp³-hybridized carbons (Fsp3) is 0.562. The topological polar surface area (TPSA) is 75.7 Å². The number of carbonyl (C=O) groups is 1. The monoisotopic (exact) mass is 340 g/mol. The van der Waals surface area contributed by atoms with Gasteiger partial charge < -0.3 is 9.64 Å². The van der Waals surface area contributed by atoms with Crippen molar-refractivity contribution in [1.29, 1.82) is 0 Å². The molecule has 1 aromatic rings. The Morgan fingerprint density at radius 1 is 1.35 bits per heavy atom. The van der Waals surface area contributed by atoms with E-state index in [0.29, 0.717) is 12.5 Å². The molecule has 1 aliphatic rings. The standard InChI is InChI=1S/C16H24N2O4S/c1-12-8-9-14(13-6-4-5-7-15(13)22-3)18(10-12)16(19)11-23(20,21)17-2/h4-7,12,14,17H,8-11H2,1-3H3/t12-,14-/m1/s1. The highest BCUT2D eigenvalue weighted by atomic mass is 32.2. The van der Waals surface area contributed by atoms with E-state index in [9.17, 15) is 13.2 Å². The number of rotatable bonds is 5. The van der Waals surface area contributed by atoms with Gasteiger partial charge in [-0.3, -0.25) is 4.79 Å². The summed E-state index contributed by atoms with van der Waals surface area (Å²) in [6.07, 6.45) is 1.79. The number of benzene rings is 1. The van der Waals surface area contributed by atoms with Crippen LogP contribution in [-0.2, 0) is 14.8 Å². The molecule has 6 nitrogen and oxygen atoms in total. The third kappa shape index (κ3) is 4.23. The van der Waals surface area contributed by atoms with Crippen LogP contribution in [0.1, 0.15) is 31.4 Å². The first kappa shape index (κ1) is 17.7. The van der Waals surface area contributed by atoms with Gasteiger partial charge in [-0.05, 0) is 31.9 Å². The molecule has 0 spiro atoms. The van der Waals surface area contributed by atoms with Crippen molar-refractivity contribution in [3.63, 3.8) is 0 Å². The second-order valence-electron chi connectivity index (χ2n) is 5.95. The molecule has 23 heavy (non-hydrogen) atoms. The van der Waals surface area contributed by atoms with Crippen LogP contribution in [0.15, 0.2) is 24.3 Å². The first-order valence-electron chi connectivity index (χ1n) is 7.71. The lowest BCUT2D eigenvalue weighted by molar-refractivity contribution is -0.133. The third-order valence-corrected chi connectivity index (χ3v) is 5.51. The van der Waals surface area contributed by atoms with Crippen LogP contribution in [0.3, 0.4) is 0 Å². The predicted molar refractivity (Wildman–Crippen MR) is 88.7 cm³/mol. The number of para-hydroxylation sites is 1. The molecule has 1 fully saturated rings. The number of ether oxygens (including phenoxy) is 1. The van der Waals surface area contributed by atoms with E-state index in [-0.39, 0.29) is 11.9 Å². The van der Waals surface area contributed by atoms with E-state index in [2.05, 4.69) is 11.6 Å². The number of nitrogens with one attached hydrogen (secondary N) is 1. The van der Waals surface area contributed by atoms with Crippen LogP contribution < -0.4 is 9.46 Å². The van der Waals surface area contributed by atoms with Gasteiger partial charge in [-0.25, -0.2) is 13.1 Å². The van der Waals surface area contributed by atoms with Crippen molar-refractivity contribution in [1.82, 2.24) is 9.62 Å². The Bertz CT molecular complexity index is 660. The second kappa shape index (κ2) is 7.31. The third-order valence-electron chi connectivity index (χ3n) is 4.26. The number of sulfonamides is 1. The van der Waals surface area contributed by atoms with E-state index < -0.39 is 15.8 Å². The molecular weight excluding hydrogens is 316 g/mol. The fourth-order valence-electron chi connectivity index (χ4n) is 3.01. The summed E-state index contributed by atoms with van der Waals surface area (Å²) in [5.74, 6) is 0.173. The molecule has 0 bridgehead atoms. The summed E-state index contributed by atoms with van der Waals surface area (Å²) in [5.41, 5.74) is 0.928. The first-order valence-corrected chi connectivity index (χ1v) is 9.36. The quantitative estimate of drug-likeness (QED) is 0.882. The lowest BCUT2D eigenvalue weighted by atomic mass is 9.89. The van der Waals surface area contributed by atoms with Crippen molar-refractivity contribution in [3.8, 4) is 5.75 Å². The molecule has 2 atom stereocenters. The van der Waals surface area contributed by atoms with Crippen LogP contribution in [0.5, 0.6) is 5.75 Å². The zero-order valence-electron chi connectivity index (χ0n) is 13.8. The van der Waals surface area contributed by atoms with Crippen LogP contribution in [-0.4, -0.2) is 45.7 Å². The van der Waals surface area contributed by atoms with E-state index in [4.69, 9.17) is 4.74 Å². The molecule has 1 saturated heterocycles. The smallest absolute Gasteiger partial charge is 0.239 e.